The van der Waals surface area contributed by atoms with Crippen molar-refractivity contribution in [2.75, 3.05) is 59.5 Å². The maximum atomic E-state index is 7.87. The molecule has 4 aliphatic carbocycles. The highest BCUT2D eigenvalue weighted by Gasteiger charge is 2.66. The monoisotopic (exact) mass is 940 g/mol. The summed E-state index contributed by atoms with van der Waals surface area (Å²) in [6.45, 7) is 4.80. The van der Waals surface area contributed by atoms with Crippen LogP contribution in [0, 0.1) is 0 Å². The number of benzene rings is 18. The Hall–Kier alpha value is -7.74. The average Bonchev–Trinajstić information content (AvgIpc) is 3.29. The molecule has 0 saturated carbocycles. The van der Waals surface area contributed by atoms with Gasteiger partial charge in [0.15, 0.2) is 0 Å². The van der Waals surface area contributed by atoms with Crippen molar-refractivity contribution in [2.45, 2.75) is 17.4 Å². The van der Waals surface area contributed by atoms with Gasteiger partial charge in [0.25, 0.3) is 0 Å². The zero-order valence-corrected chi connectivity index (χ0v) is 39.1. The second-order valence-electron chi connectivity index (χ2n) is 26.4. The van der Waals surface area contributed by atoms with Gasteiger partial charge in [0.1, 0.15) is 0 Å². The van der Waals surface area contributed by atoms with Crippen molar-refractivity contribution in [3.05, 3.63) is 22.3 Å². The van der Waals surface area contributed by atoms with Crippen LogP contribution in [-0.4, -0.2) is 65.6 Å². The zero-order valence-electron chi connectivity index (χ0n) is 39.1. The van der Waals surface area contributed by atoms with Gasteiger partial charge < -0.3 is 23.7 Å². The molecule has 0 N–H and O–H groups in total. The van der Waals surface area contributed by atoms with Gasteiger partial charge >= 0.3 is 0 Å². The molecule has 330 valence electrons. The standard InChI is InChI=1S/C70H20O5/c1-2-72-5-6-74-9-10(75-8-7-73-4-3-71-1)70-67-63-57-43-35-27-15-12-11-13-16(15)28-30-26-20(13)22-18-14(11)17-21-19(12)25-29(27)41(43)49-47-33(25)31(21)39-37-23(17)24(18)38-40-32(22)34(26)48-50-42(30)44(36(28)35)58(57)64(67)60(50)62-54(48)52(40)56-46(38)45(37)55-51(39)53(47)61(59(49)63)68(70)65(55)66(56)69(62)70/h10,67H,1-9H2. The van der Waals surface area contributed by atoms with Crippen LogP contribution < -0.4 is 0 Å². The fraction of sp³-hybridized carbons (Fsp3) is 0.171. The highest BCUT2D eigenvalue weighted by molar-refractivity contribution is 6.82. The lowest BCUT2D eigenvalue weighted by molar-refractivity contribution is -0.0729. The van der Waals surface area contributed by atoms with E-state index in [2.05, 4.69) is 0 Å². The van der Waals surface area contributed by atoms with Crippen LogP contribution in [-0.2, 0) is 29.1 Å². The van der Waals surface area contributed by atoms with E-state index >= 15 is 0 Å². The Morgan fingerprint density at radius 1 is 0.200 bits per heavy atom. The van der Waals surface area contributed by atoms with Gasteiger partial charge in [-0.15, -0.1) is 0 Å². The highest BCUT2D eigenvalue weighted by atomic mass is 16.6. The van der Waals surface area contributed by atoms with Crippen molar-refractivity contribution >= 4 is 291 Å². The van der Waals surface area contributed by atoms with Crippen LogP contribution in [0.2, 0.25) is 0 Å². The number of ether oxygens (including phenoxy) is 5. The van der Waals surface area contributed by atoms with E-state index in [1.807, 2.05) is 0 Å². The molecule has 1 heterocycles. The minimum atomic E-state index is -0.538. The second-order valence-corrected chi connectivity index (χ2v) is 26.4. The molecule has 1 atom stereocenters. The molecule has 0 aromatic heterocycles. The van der Waals surface area contributed by atoms with Crippen molar-refractivity contribution in [1.29, 1.82) is 0 Å². The zero-order chi connectivity index (χ0) is 45.0. The Morgan fingerprint density at radius 3 is 0.653 bits per heavy atom. The first-order valence-electron chi connectivity index (χ1n) is 28.1. The molecule has 33 rings (SSSR count). The summed E-state index contributed by atoms with van der Waals surface area (Å²) in [6, 6.07) is 0. The molecular weight excluding hydrogens is 921 g/mol. The van der Waals surface area contributed by atoms with Crippen molar-refractivity contribution in [3.8, 4) is 0 Å². The summed E-state index contributed by atoms with van der Waals surface area (Å²) in [7, 11) is 0. The van der Waals surface area contributed by atoms with Crippen molar-refractivity contribution in [3.63, 3.8) is 0 Å². The Bertz CT molecular complexity index is 6960. The fourth-order valence-corrected chi connectivity index (χ4v) is 25.2. The van der Waals surface area contributed by atoms with Crippen molar-refractivity contribution in [2.24, 2.45) is 0 Å². The quantitative estimate of drug-likeness (QED) is 0.153. The molecule has 0 bridgehead atoms. The van der Waals surface area contributed by atoms with Crippen LogP contribution in [0.4, 0.5) is 0 Å². The van der Waals surface area contributed by atoms with Crippen LogP contribution >= 0.6 is 0 Å². The molecule has 1 saturated heterocycles. The average molecular weight is 941 g/mol. The maximum absolute atomic E-state index is 7.87. The molecule has 5 heteroatoms. The predicted molar refractivity (Wildman–Crippen MR) is 308 cm³/mol. The van der Waals surface area contributed by atoms with E-state index in [0.29, 0.717) is 59.5 Å². The number of rotatable bonds is 1. The van der Waals surface area contributed by atoms with Crippen molar-refractivity contribution < 1.29 is 23.7 Å². The normalized spacial score (nSPS) is 23.8. The largest absolute Gasteiger partial charge is 0.377 e. The van der Waals surface area contributed by atoms with Gasteiger partial charge in [-0.3, -0.25) is 0 Å². The molecule has 0 spiro atoms. The topological polar surface area (TPSA) is 46.2 Å². The molecule has 1 unspecified atom stereocenters. The first-order chi connectivity index (χ1) is 37.5. The lowest BCUT2D eigenvalue weighted by Gasteiger charge is -2.49. The van der Waals surface area contributed by atoms with Crippen LogP contribution in [0.25, 0.3) is 291 Å². The molecule has 0 amide bonds. The Labute approximate surface area is 411 Å². The van der Waals surface area contributed by atoms with Gasteiger partial charge in [0, 0.05) is 5.92 Å². The van der Waals surface area contributed by atoms with Gasteiger partial charge in [-0.2, -0.15) is 0 Å². The van der Waals surface area contributed by atoms with Crippen LogP contribution in [0.5, 0.6) is 0 Å². The molecular formula is C70H20O5. The van der Waals surface area contributed by atoms with E-state index in [4.69, 9.17) is 23.7 Å². The molecule has 0 radical (unpaired) electrons. The molecule has 5 nitrogen and oxygen atoms in total. The lowest BCUT2D eigenvalue weighted by atomic mass is 9.55. The number of hydrogen-bond acceptors (Lipinski definition) is 5. The fourth-order valence-electron chi connectivity index (χ4n) is 25.2. The Balaban J connectivity index is 1.03. The summed E-state index contributed by atoms with van der Waals surface area (Å²) in [5.74, 6) is 0.0874. The minimum absolute atomic E-state index is 0.0874. The van der Waals surface area contributed by atoms with Gasteiger partial charge in [0.05, 0.1) is 71.0 Å². The third-order valence-corrected chi connectivity index (χ3v) is 25.6. The van der Waals surface area contributed by atoms with E-state index < -0.39 is 5.41 Å². The van der Waals surface area contributed by atoms with E-state index in [-0.39, 0.29) is 12.0 Å². The van der Waals surface area contributed by atoms with E-state index in [0.717, 1.165) is 0 Å². The van der Waals surface area contributed by atoms with E-state index in [1.165, 1.54) is 0 Å². The smallest absolute Gasteiger partial charge is 0.0956 e. The summed E-state index contributed by atoms with van der Waals surface area (Å²) in [4.78, 5) is 0. The first kappa shape index (κ1) is 30.6. The molecule has 5 aliphatic rings. The number of hydrogen-bond donors (Lipinski definition) is 0. The first-order valence-corrected chi connectivity index (χ1v) is 28.1. The summed E-state index contributed by atoms with van der Waals surface area (Å²) < 4.78 is 33.5. The third-order valence-electron chi connectivity index (χ3n) is 25.6. The van der Waals surface area contributed by atoms with Gasteiger partial charge in [0.2, 0.25) is 0 Å². The van der Waals surface area contributed by atoms with E-state index in [1.54, 1.807) is 313 Å². The Kier molecular flexibility index (Phi) is 3.11. The molecule has 28 aromatic rings. The summed E-state index contributed by atoms with van der Waals surface area (Å²) in [5, 5.41) is 87.4. The van der Waals surface area contributed by atoms with Crippen molar-refractivity contribution in [1.82, 2.24) is 0 Å². The molecule has 1 fully saturated rings. The van der Waals surface area contributed by atoms with Crippen LogP contribution in [0.1, 0.15) is 28.2 Å². The SMILES string of the molecule is C1COCCOCC(C23c4c5c6c7c8c9c(c%10c%11c2c2c4c4c%12c5c5c6c6c8c8c%13c9c9c%10c%10c%11c%11c2c2c4c4c%12c%12c5c5c6c8c6c8c%13c9c9c%10c%10c%11c2c2c4c4c%12c5c6c5c8c9c%10c2c45)C73)OCCOCCO1. The van der Waals surface area contributed by atoms with Crippen LogP contribution in [0.15, 0.2) is 0 Å². The predicted octanol–water partition coefficient (Wildman–Crippen LogP) is 16.6. The van der Waals surface area contributed by atoms with E-state index in [9.17, 15) is 0 Å². The minimum Gasteiger partial charge on any atom is -0.377 e. The van der Waals surface area contributed by atoms with Crippen LogP contribution in [0.3, 0.4) is 0 Å². The Morgan fingerprint density at radius 2 is 0.387 bits per heavy atom. The van der Waals surface area contributed by atoms with Gasteiger partial charge in [-0.05, 0) is 313 Å². The molecule has 75 heavy (non-hydrogen) atoms. The summed E-state index contributed by atoms with van der Waals surface area (Å²) >= 11 is 0. The summed E-state index contributed by atoms with van der Waals surface area (Å²) in [5.41, 5.74) is 5.99. The maximum Gasteiger partial charge on any atom is 0.0956 e. The lowest BCUT2D eigenvalue weighted by Crippen LogP contribution is -2.51. The highest BCUT2D eigenvalue weighted by Crippen LogP contribution is 2.84. The molecule has 28 aromatic carbocycles. The summed E-state index contributed by atoms with van der Waals surface area (Å²) in [6.07, 6.45) is -0.275. The van der Waals surface area contributed by atoms with Gasteiger partial charge in [-0.1, -0.05) is 0 Å². The van der Waals surface area contributed by atoms with Gasteiger partial charge in [-0.25, -0.2) is 0 Å². The molecule has 1 aliphatic heterocycles. The third kappa shape index (κ3) is 1.88. The second kappa shape index (κ2) is 7.63.